The third kappa shape index (κ3) is 3.29. The second kappa shape index (κ2) is 6.32. The fourth-order valence-electron chi connectivity index (χ4n) is 3.00. The Balaban J connectivity index is 1.51. The summed E-state index contributed by atoms with van der Waals surface area (Å²) >= 11 is 0. The Labute approximate surface area is 131 Å². The molecule has 0 radical (unpaired) electrons. The topological polar surface area (TPSA) is 67.2 Å². The molecule has 3 rings (SSSR count). The Morgan fingerprint density at radius 3 is 2.55 bits per heavy atom. The highest BCUT2D eigenvalue weighted by Gasteiger charge is 2.31. The van der Waals surface area contributed by atoms with Gasteiger partial charge in [-0.25, -0.2) is 4.68 Å². The van der Waals surface area contributed by atoms with Crippen molar-refractivity contribution in [2.45, 2.75) is 58.2 Å². The molecule has 2 fully saturated rings. The zero-order valence-corrected chi connectivity index (χ0v) is 13.8. The maximum atomic E-state index is 12.4. The first kappa shape index (κ1) is 15.4. The first-order chi connectivity index (χ1) is 10.6. The fourth-order valence-corrected chi connectivity index (χ4v) is 3.00. The zero-order valence-electron chi connectivity index (χ0n) is 13.8. The predicted octanol–water partition coefficient (Wildman–Crippen LogP) is 1.09. The molecule has 7 heteroatoms. The summed E-state index contributed by atoms with van der Waals surface area (Å²) in [7, 11) is 1.91. The van der Waals surface area contributed by atoms with E-state index >= 15 is 0 Å². The third-order valence-electron chi connectivity index (χ3n) is 4.88. The van der Waals surface area contributed by atoms with Crippen LogP contribution in [0.4, 0.5) is 0 Å². The van der Waals surface area contributed by atoms with Crippen molar-refractivity contribution in [3.8, 4) is 0 Å². The summed E-state index contributed by atoms with van der Waals surface area (Å²) in [6, 6.07) is 0.789. The largest absolute Gasteiger partial charge is 0.343 e. The standard InChI is InChI=1S/C15H26N6O/c1-11(2)19(3)15(22)12-6-8-20(9-7-12)10-14-16-17-18-21(14)13-4-5-13/h11-13H,4-10H2,1-3H3. The van der Waals surface area contributed by atoms with Crippen molar-refractivity contribution in [3.63, 3.8) is 0 Å². The van der Waals surface area contributed by atoms with Crippen LogP contribution in [0.5, 0.6) is 0 Å². The van der Waals surface area contributed by atoms with Gasteiger partial charge in [-0.05, 0) is 63.0 Å². The van der Waals surface area contributed by atoms with Gasteiger partial charge in [0.15, 0.2) is 5.82 Å². The van der Waals surface area contributed by atoms with E-state index in [-0.39, 0.29) is 17.9 Å². The van der Waals surface area contributed by atoms with Gasteiger partial charge in [-0.1, -0.05) is 0 Å². The van der Waals surface area contributed by atoms with E-state index in [0.29, 0.717) is 6.04 Å². The molecule has 0 unspecified atom stereocenters. The highest BCUT2D eigenvalue weighted by molar-refractivity contribution is 5.78. The van der Waals surface area contributed by atoms with Gasteiger partial charge in [-0.15, -0.1) is 5.10 Å². The van der Waals surface area contributed by atoms with E-state index in [1.165, 1.54) is 12.8 Å². The molecule has 1 aliphatic carbocycles. The highest BCUT2D eigenvalue weighted by Crippen LogP contribution is 2.34. The van der Waals surface area contributed by atoms with E-state index in [1.807, 2.05) is 16.6 Å². The van der Waals surface area contributed by atoms with Crippen LogP contribution in [0.25, 0.3) is 0 Å². The van der Waals surface area contributed by atoms with Gasteiger partial charge in [0.2, 0.25) is 5.91 Å². The molecule has 0 atom stereocenters. The number of carbonyl (C=O) groups excluding carboxylic acids is 1. The Bertz CT molecular complexity index is 516. The number of carbonyl (C=O) groups is 1. The minimum atomic E-state index is 0.170. The molecule has 22 heavy (non-hydrogen) atoms. The van der Waals surface area contributed by atoms with Crippen LogP contribution in [0.15, 0.2) is 0 Å². The number of hydrogen-bond donors (Lipinski definition) is 0. The minimum Gasteiger partial charge on any atom is -0.343 e. The molecular weight excluding hydrogens is 280 g/mol. The average molecular weight is 306 g/mol. The van der Waals surface area contributed by atoms with Crippen molar-refractivity contribution in [1.29, 1.82) is 0 Å². The lowest BCUT2D eigenvalue weighted by atomic mass is 9.95. The quantitative estimate of drug-likeness (QED) is 0.814. The van der Waals surface area contributed by atoms with Gasteiger partial charge >= 0.3 is 0 Å². The number of nitrogens with zero attached hydrogens (tertiary/aromatic N) is 6. The second-order valence-electron chi connectivity index (χ2n) is 6.86. The van der Waals surface area contributed by atoms with E-state index in [4.69, 9.17) is 0 Å². The van der Waals surface area contributed by atoms with Crippen molar-refractivity contribution in [2.75, 3.05) is 20.1 Å². The second-order valence-corrected chi connectivity index (χ2v) is 6.86. The van der Waals surface area contributed by atoms with Crippen molar-refractivity contribution >= 4 is 5.91 Å². The summed E-state index contributed by atoms with van der Waals surface area (Å²) in [6.07, 6.45) is 4.24. The molecule has 1 aromatic heterocycles. The smallest absolute Gasteiger partial charge is 0.225 e. The first-order valence-corrected chi connectivity index (χ1v) is 8.32. The van der Waals surface area contributed by atoms with Crippen LogP contribution in [-0.4, -0.2) is 62.1 Å². The molecule has 0 N–H and O–H groups in total. The Kier molecular flexibility index (Phi) is 4.42. The van der Waals surface area contributed by atoms with Gasteiger partial charge in [-0.2, -0.15) is 0 Å². The molecule has 0 aromatic carbocycles. The van der Waals surface area contributed by atoms with Gasteiger partial charge < -0.3 is 4.90 Å². The van der Waals surface area contributed by atoms with Crippen LogP contribution in [0.3, 0.4) is 0 Å². The van der Waals surface area contributed by atoms with E-state index in [0.717, 1.165) is 38.3 Å². The normalized spacial score (nSPS) is 20.5. The van der Waals surface area contributed by atoms with Gasteiger partial charge in [0.25, 0.3) is 0 Å². The third-order valence-corrected chi connectivity index (χ3v) is 4.88. The summed E-state index contributed by atoms with van der Waals surface area (Å²) in [6.45, 7) is 6.81. The Morgan fingerprint density at radius 1 is 1.27 bits per heavy atom. The summed E-state index contributed by atoms with van der Waals surface area (Å²) in [5.41, 5.74) is 0. The maximum Gasteiger partial charge on any atom is 0.225 e. The first-order valence-electron chi connectivity index (χ1n) is 8.32. The van der Waals surface area contributed by atoms with E-state index in [2.05, 4.69) is 34.3 Å². The number of piperidine rings is 1. The highest BCUT2D eigenvalue weighted by atomic mass is 16.2. The Hall–Kier alpha value is -1.50. The number of aromatic nitrogens is 4. The summed E-state index contributed by atoms with van der Waals surface area (Å²) in [5.74, 6) is 1.42. The molecule has 1 saturated carbocycles. The summed E-state index contributed by atoms with van der Waals surface area (Å²) in [5, 5.41) is 12.1. The average Bonchev–Trinajstić information content (AvgIpc) is 3.26. The number of amides is 1. The molecule has 0 bridgehead atoms. The number of hydrogen-bond acceptors (Lipinski definition) is 5. The number of likely N-dealkylation sites (tertiary alicyclic amines) is 1. The van der Waals surface area contributed by atoms with Crippen molar-refractivity contribution in [2.24, 2.45) is 5.92 Å². The van der Waals surface area contributed by atoms with Crippen LogP contribution in [0, 0.1) is 5.92 Å². The maximum absolute atomic E-state index is 12.4. The van der Waals surface area contributed by atoms with E-state index in [1.54, 1.807) is 0 Å². The van der Waals surface area contributed by atoms with Crippen LogP contribution >= 0.6 is 0 Å². The number of rotatable bonds is 5. The molecular formula is C15H26N6O. The molecule has 1 aliphatic heterocycles. The molecule has 1 saturated heterocycles. The van der Waals surface area contributed by atoms with Crippen LogP contribution in [-0.2, 0) is 11.3 Å². The molecule has 2 aliphatic rings. The Morgan fingerprint density at radius 2 is 1.95 bits per heavy atom. The predicted molar refractivity (Wildman–Crippen MR) is 82.0 cm³/mol. The summed E-state index contributed by atoms with van der Waals surface area (Å²) in [4.78, 5) is 16.6. The van der Waals surface area contributed by atoms with Crippen molar-refractivity contribution in [1.82, 2.24) is 30.0 Å². The SMILES string of the molecule is CC(C)N(C)C(=O)C1CCN(Cc2nnnn2C2CC2)CC1. The molecule has 1 aromatic rings. The van der Waals surface area contributed by atoms with Gasteiger partial charge in [-0.3, -0.25) is 9.69 Å². The van der Waals surface area contributed by atoms with Crippen LogP contribution < -0.4 is 0 Å². The number of tetrazole rings is 1. The fraction of sp³-hybridized carbons (Fsp3) is 0.867. The lowest BCUT2D eigenvalue weighted by molar-refractivity contribution is -0.137. The molecule has 7 nitrogen and oxygen atoms in total. The lowest BCUT2D eigenvalue weighted by Crippen LogP contribution is -2.43. The molecule has 2 heterocycles. The monoisotopic (exact) mass is 306 g/mol. The van der Waals surface area contributed by atoms with Crippen molar-refractivity contribution < 1.29 is 4.79 Å². The van der Waals surface area contributed by atoms with E-state index in [9.17, 15) is 4.79 Å². The lowest BCUT2D eigenvalue weighted by Gasteiger charge is -2.33. The van der Waals surface area contributed by atoms with E-state index < -0.39 is 0 Å². The van der Waals surface area contributed by atoms with Crippen LogP contribution in [0.1, 0.15) is 51.4 Å². The summed E-state index contributed by atoms with van der Waals surface area (Å²) < 4.78 is 1.98. The van der Waals surface area contributed by atoms with Crippen LogP contribution in [0.2, 0.25) is 0 Å². The minimum absolute atomic E-state index is 0.170. The van der Waals surface area contributed by atoms with Gasteiger partial charge in [0, 0.05) is 19.0 Å². The van der Waals surface area contributed by atoms with Gasteiger partial charge in [0.05, 0.1) is 12.6 Å². The van der Waals surface area contributed by atoms with Gasteiger partial charge in [0.1, 0.15) is 0 Å². The zero-order chi connectivity index (χ0) is 15.7. The molecule has 122 valence electrons. The van der Waals surface area contributed by atoms with Crippen molar-refractivity contribution in [3.05, 3.63) is 5.82 Å². The molecule has 1 amide bonds. The molecule has 0 spiro atoms.